The third kappa shape index (κ3) is 1.28. The topological polar surface area (TPSA) is 0 Å². The fourth-order valence-corrected chi connectivity index (χ4v) is 2.29. The zero-order valence-corrected chi connectivity index (χ0v) is 7.84. The second-order valence-corrected chi connectivity index (χ2v) is 4.15. The number of hydrogen-bond donors (Lipinski definition) is 0. The second-order valence-electron chi connectivity index (χ2n) is 2.32. The summed E-state index contributed by atoms with van der Waals surface area (Å²) in [4.78, 5) is 1.34. The highest BCUT2D eigenvalue weighted by molar-refractivity contribution is 7.98. The van der Waals surface area contributed by atoms with Crippen LogP contribution in [0.1, 0.15) is 0 Å². The van der Waals surface area contributed by atoms with Crippen LogP contribution in [0.15, 0.2) is 34.5 Å². The van der Waals surface area contributed by atoms with E-state index >= 15 is 0 Å². The van der Waals surface area contributed by atoms with Gasteiger partial charge in [-0.15, -0.1) is 23.1 Å². The Morgan fingerprint density at radius 1 is 1.27 bits per heavy atom. The molecule has 1 aromatic heterocycles. The number of hydrogen-bond acceptors (Lipinski definition) is 2. The minimum Gasteiger partial charge on any atom is -0.144 e. The minimum absolute atomic E-state index is 1.34. The van der Waals surface area contributed by atoms with E-state index < -0.39 is 0 Å². The lowest BCUT2D eigenvalue weighted by molar-refractivity contribution is 1.53. The van der Waals surface area contributed by atoms with E-state index in [-0.39, 0.29) is 0 Å². The first kappa shape index (κ1) is 7.19. The summed E-state index contributed by atoms with van der Waals surface area (Å²) in [7, 11) is 0. The molecular weight excluding hydrogens is 172 g/mol. The second kappa shape index (κ2) is 2.88. The van der Waals surface area contributed by atoms with E-state index in [2.05, 4.69) is 35.9 Å². The van der Waals surface area contributed by atoms with Gasteiger partial charge in [0.2, 0.25) is 0 Å². The predicted octanol–water partition coefficient (Wildman–Crippen LogP) is 3.62. The summed E-state index contributed by atoms with van der Waals surface area (Å²) in [5.74, 6) is 0. The number of fused-ring (bicyclic) bond motifs is 1. The van der Waals surface area contributed by atoms with Gasteiger partial charge in [-0.2, -0.15) is 0 Å². The summed E-state index contributed by atoms with van der Waals surface area (Å²) in [6.45, 7) is 0. The van der Waals surface area contributed by atoms with Crippen LogP contribution in [0.25, 0.3) is 10.1 Å². The van der Waals surface area contributed by atoms with Crippen molar-refractivity contribution in [2.45, 2.75) is 4.90 Å². The van der Waals surface area contributed by atoms with Gasteiger partial charge in [0.15, 0.2) is 0 Å². The third-order valence-corrected chi connectivity index (χ3v) is 3.28. The van der Waals surface area contributed by atoms with Crippen LogP contribution < -0.4 is 0 Å². The molecule has 2 rings (SSSR count). The Morgan fingerprint density at radius 2 is 2.18 bits per heavy atom. The Kier molecular flexibility index (Phi) is 1.88. The van der Waals surface area contributed by atoms with Crippen molar-refractivity contribution in [1.29, 1.82) is 0 Å². The molecule has 1 heterocycles. The van der Waals surface area contributed by atoms with Crippen LogP contribution in [0.4, 0.5) is 0 Å². The lowest BCUT2D eigenvalue weighted by Crippen LogP contribution is -1.66. The van der Waals surface area contributed by atoms with Crippen LogP contribution in [-0.4, -0.2) is 6.26 Å². The van der Waals surface area contributed by atoms with Crippen molar-refractivity contribution in [3.63, 3.8) is 0 Å². The maximum atomic E-state index is 2.23. The van der Waals surface area contributed by atoms with Crippen LogP contribution in [0.3, 0.4) is 0 Å². The summed E-state index contributed by atoms with van der Waals surface area (Å²) < 4.78 is 1.38. The summed E-state index contributed by atoms with van der Waals surface area (Å²) in [6.07, 6.45) is 2.10. The van der Waals surface area contributed by atoms with Crippen LogP contribution in [0, 0.1) is 0 Å². The van der Waals surface area contributed by atoms with E-state index in [0.717, 1.165) is 0 Å². The van der Waals surface area contributed by atoms with Gasteiger partial charge in [-0.3, -0.25) is 0 Å². The van der Waals surface area contributed by atoms with Crippen LogP contribution in [0.2, 0.25) is 0 Å². The molecule has 0 aliphatic heterocycles. The van der Waals surface area contributed by atoms with Gasteiger partial charge < -0.3 is 0 Å². The molecule has 0 aliphatic carbocycles. The van der Waals surface area contributed by atoms with Gasteiger partial charge in [-0.05, 0) is 41.3 Å². The molecule has 0 fully saturated rings. The highest BCUT2D eigenvalue weighted by Crippen LogP contribution is 2.25. The molecule has 2 heteroatoms. The quantitative estimate of drug-likeness (QED) is 0.604. The Morgan fingerprint density at radius 3 is 3.00 bits per heavy atom. The molecule has 0 spiro atoms. The van der Waals surface area contributed by atoms with E-state index in [1.165, 1.54) is 15.0 Å². The molecule has 0 bridgehead atoms. The molecule has 0 amide bonds. The Bertz CT molecular complexity index is 362. The van der Waals surface area contributed by atoms with Crippen molar-refractivity contribution in [2.24, 2.45) is 0 Å². The van der Waals surface area contributed by atoms with Crippen LogP contribution in [-0.2, 0) is 0 Å². The van der Waals surface area contributed by atoms with Gasteiger partial charge >= 0.3 is 0 Å². The lowest BCUT2D eigenvalue weighted by atomic mass is 10.3. The van der Waals surface area contributed by atoms with Crippen molar-refractivity contribution >= 4 is 33.2 Å². The van der Waals surface area contributed by atoms with Crippen molar-refractivity contribution in [3.8, 4) is 0 Å². The Balaban J connectivity index is 2.67. The van der Waals surface area contributed by atoms with Crippen molar-refractivity contribution in [3.05, 3.63) is 29.6 Å². The first-order valence-electron chi connectivity index (χ1n) is 3.41. The van der Waals surface area contributed by atoms with E-state index in [1.54, 1.807) is 23.1 Å². The van der Waals surface area contributed by atoms with Gasteiger partial charge in [0.25, 0.3) is 0 Å². The van der Waals surface area contributed by atoms with Gasteiger partial charge in [-0.25, -0.2) is 0 Å². The maximum absolute atomic E-state index is 2.23. The van der Waals surface area contributed by atoms with E-state index in [0.29, 0.717) is 0 Å². The molecule has 0 atom stereocenters. The molecule has 0 saturated carbocycles. The highest BCUT2D eigenvalue weighted by atomic mass is 32.2. The summed E-state index contributed by atoms with van der Waals surface area (Å²) >= 11 is 3.59. The number of thiophene rings is 1. The highest BCUT2D eigenvalue weighted by Gasteiger charge is 1.94. The molecule has 0 unspecified atom stereocenters. The molecule has 0 saturated heterocycles. The fourth-order valence-electron chi connectivity index (χ4n) is 1.07. The van der Waals surface area contributed by atoms with Crippen LogP contribution in [0.5, 0.6) is 0 Å². The SMILES string of the molecule is CSc1ccc2sccc2c1. The number of benzene rings is 1. The zero-order valence-electron chi connectivity index (χ0n) is 6.20. The third-order valence-electron chi connectivity index (χ3n) is 1.66. The standard InChI is InChI=1S/C9H8S2/c1-10-8-2-3-9-7(6-8)4-5-11-9/h2-6H,1H3. The van der Waals surface area contributed by atoms with Gasteiger partial charge in [0.05, 0.1) is 0 Å². The smallest absolute Gasteiger partial charge is 0.0343 e. The Hall–Kier alpha value is -0.470. The van der Waals surface area contributed by atoms with Crippen molar-refractivity contribution in [2.75, 3.05) is 6.26 Å². The average Bonchev–Trinajstić information content (AvgIpc) is 2.50. The lowest BCUT2D eigenvalue weighted by Gasteiger charge is -1.94. The van der Waals surface area contributed by atoms with Crippen LogP contribution >= 0.6 is 23.1 Å². The zero-order chi connectivity index (χ0) is 7.68. The monoisotopic (exact) mass is 180 g/mol. The molecule has 56 valence electrons. The molecule has 2 aromatic rings. The first-order valence-corrected chi connectivity index (χ1v) is 5.52. The largest absolute Gasteiger partial charge is 0.144 e. The van der Waals surface area contributed by atoms with Gasteiger partial charge in [-0.1, -0.05) is 0 Å². The summed E-state index contributed by atoms with van der Waals surface area (Å²) in [5, 5.41) is 3.50. The molecule has 1 aromatic carbocycles. The van der Waals surface area contributed by atoms with Crippen molar-refractivity contribution in [1.82, 2.24) is 0 Å². The molecule has 0 aliphatic rings. The van der Waals surface area contributed by atoms with E-state index in [1.807, 2.05) is 0 Å². The average molecular weight is 180 g/mol. The number of rotatable bonds is 1. The molecule has 0 N–H and O–H groups in total. The summed E-state index contributed by atoms with van der Waals surface area (Å²) in [6, 6.07) is 8.76. The van der Waals surface area contributed by atoms with Gasteiger partial charge in [0.1, 0.15) is 0 Å². The first-order chi connectivity index (χ1) is 5.40. The molecule has 11 heavy (non-hydrogen) atoms. The molecule has 0 nitrogen and oxygen atoms in total. The fraction of sp³-hybridized carbons (Fsp3) is 0.111. The normalized spacial score (nSPS) is 10.6. The minimum atomic E-state index is 1.34. The van der Waals surface area contributed by atoms with Gasteiger partial charge in [0, 0.05) is 9.60 Å². The number of thioether (sulfide) groups is 1. The Labute approximate surface area is 74.2 Å². The van der Waals surface area contributed by atoms with E-state index in [9.17, 15) is 0 Å². The predicted molar refractivity (Wildman–Crippen MR) is 53.6 cm³/mol. The van der Waals surface area contributed by atoms with E-state index in [4.69, 9.17) is 0 Å². The summed E-state index contributed by atoms with van der Waals surface area (Å²) in [5.41, 5.74) is 0. The van der Waals surface area contributed by atoms with Crippen molar-refractivity contribution < 1.29 is 0 Å². The maximum Gasteiger partial charge on any atom is 0.0343 e. The molecule has 0 radical (unpaired) electrons. The molecular formula is C9H8S2.